The quantitative estimate of drug-likeness (QED) is 0.775. The number of carbonyl (C=O) groups is 1. The molecule has 0 bridgehead atoms. The largest absolute Gasteiger partial charge is 0.365 e. The Morgan fingerprint density at radius 3 is 2.71 bits per heavy atom. The summed E-state index contributed by atoms with van der Waals surface area (Å²) >= 11 is 0. The van der Waals surface area contributed by atoms with Crippen LogP contribution in [0.4, 0.5) is 5.82 Å². The molecule has 3 heterocycles. The molecule has 4 rings (SSSR count). The Balaban J connectivity index is 1.74. The Kier molecular flexibility index (Phi) is 3.78. The molecule has 120 valence electrons. The molecule has 2 N–H and O–H groups in total. The first-order valence-electron chi connectivity index (χ1n) is 8.00. The van der Waals surface area contributed by atoms with Gasteiger partial charge in [0.2, 0.25) is 5.91 Å². The van der Waals surface area contributed by atoms with Crippen molar-refractivity contribution in [1.29, 1.82) is 0 Å². The van der Waals surface area contributed by atoms with Crippen LogP contribution in [0.25, 0.3) is 22.3 Å². The lowest BCUT2D eigenvalue weighted by atomic mass is 10.1. The maximum absolute atomic E-state index is 11.3. The van der Waals surface area contributed by atoms with Crippen molar-refractivity contribution in [2.75, 3.05) is 11.9 Å². The number of hydrogen-bond donors (Lipinski definition) is 2. The molecule has 6 nitrogen and oxygen atoms in total. The second kappa shape index (κ2) is 6.23. The van der Waals surface area contributed by atoms with Gasteiger partial charge in [0.05, 0.1) is 5.52 Å². The minimum atomic E-state index is 0.109. The van der Waals surface area contributed by atoms with E-state index in [1.54, 1.807) is 12.4 Å². The standard InChI is InChI=1S/C18H17N5O/c24-16-6-5-13(11-20-16)21-18-14-3-1-2-4-15(14)22-17(23-18)12-7-9-19-10-8-12/h1-4,7-10,13H,5-6,11H2,(H,20,24)(H,21,22,23). The number of rotatable bonds is 3. The van der Waals surface area contributed by atoms with Gasteiger partial charge < -0.3 is 10.6 Å². The summed E-state index contributed by atoms with van der Waals surface area (Å²) in [5.41, 5.74) is 1.82. The molecule has 0 aliphatic carbocycles. The molecule has 0 radical (unpaired) electrons. The van der Waals surface area contributed by atoms with E-state index in [-0.39, 0.29) is 11.9 Å². The first kappa shape index (κ1) is 14.6. The Morgan fingerprint density at radius 1 is 1.08 bits per heavy atom. The summed E-state index contributed by atoms with van der Waals surface area (Å²) in [6.45, 7) is 0.613. The Morgan fingerprint density at radius 2 is 1.92 bits per heavy atom. The smallest absolute Gasteiger partial charge is 0.220 e. The molecule has 1 aliphatic rings. The molecule has 2 aromatic heterocycles. The number of para-hydroxylation sites is 1. The van der Waals surface area contributed by atoms with Crippen molar-refractivity contribution in [2.24, 2.45) is 0 Å². The fourth-order valence-electron chi connectivity index (χ4n) is 2.87. The van der Waals surface area contributed by atoms with Gasteiger partial charge in [-0.15, -0.1) is 0 Å². The maximum atomic E-state index is 11.3. The number of hydrogen-bond acceptors (Lipinski definition) is 5. The fraction of sp³-hybridized carbons (Fsp3) is 0.222. The van der Waals surface area contributed by atoms with Gasteiger partial charge in [-0.2, -0.15) is 0 Å². The normalized spacial score (nSPS) is 17.5. The van der Waals surface area contributed by atoms with Crippen LogP contribution in [0.2, 0.25) is 0 Å². The summed E-state index contributed by atoms with van der Waals surface area (Å²) < 4.78 is 0. The first-order chi connectivity index (χ1) is 11.8. The number of amides is 1. The number of fused-ring (bicyclic) bond motifs is 1. The highest BCUT2D eigenvalue weighted by molar-refractivity contribution is 5.90. The molecule has 1 saturated heterocycles. The van der Waals surface area contributed by atoms with Crippen molar-refractivity contribution in [3.05, 3.63) is 48.8 Å². The highest BCUT2D eigenvalue weighted by Crippen LogP contribution is 2.25. The summed E-state index contributed by atoms with van der Waals surface area (Å²) in [4.78, 5) is 24.8. The summed E-state index contributed by atoms with van der Waals surface area (Å²) in [5, 5.41) is 7.35. The number of nitrogens with zero attached hydrogens (tertiary/aromatic N) is 3. The lowest BCUT2D eigenvalue weighted by Gasteiger charge is -2.24. The lowest BCUT2D eigenvalue weighted by molar-refractivity contribution is -0.122. The van der Waals surface area contributed by atoms with E-state index in [0.29, 0.717) is 18.8 Å². The van der Waals surface area contributed by atoms with Crippen molar-refractivity contribution in [1.82, 2.24) is 20.3 Å². The van der Waals surface area contributed by atoms with E-state index >= 15 is 0 Å². The first-order valence-corrected chi connectivity index (χ1v) is 8.00. The van der Waals surface area contributed by atoms with Gasteiger partial charge in [0, 0.05) is 42.4 Å². The molecule has 24 heavy (non-hydrogen) atoms. The van der Waals surface area contributed by atoms with Crippen LogP contribution < -0.4 is 10.6 Å². The summed E-state index contributed by atoms with van der Waals surface area (Å²) in [5.74, 6) is 1.57. The summed E-state index contributed by atoms with van der Waals surface area (Å²) in [6, 6.07) is 11.9. The molecular formula is C18H17N5O. The third-order valence-corrected chi connectivity index (χ3v) is 4.15. The average Bonchev–Trinajstić information content (AvgIpc) is 2.64. The molecule has 1 atom stereocenters. The topological polar surface area (TPSA) is 79.8 Å². The van der Waals surface area contributed by atoms with Gasteiger partial charge in [-0.25, -0.2) is 9.97 Å². The van der Waals surface area contributed by atoms with Gasteiger partial charge in [-0.3, -0.25) is 9.78 Å². The van der Waals surface area contributed by atoms with E-state index in [0.717, 1.165) is 28.7 Å². The number of aromatic nitrogens is 3. The zero-order valence-electron chi connectivity index (χ0n) is 13.1. The summed E-state index contributed by atoms with van der Waals surface area (Å²) in [7, 11) is 0. The van der Waals surface area contributed by atoms with Crippen LogP contribution in [-0.2, 0) is 4.79 Å². The van der Waals surface area contributed by atoms with Gasteiger partial charge >= 0.3 is 0 Å². The maximum Gasteiger partial charge on any atom is 0.220 e. The minimum Gasteiger partial charge on any atom is -0.365 e. The molecule has 3 aromatic rings. The molecule has 6 heteroatoms. The number of piperidine rings is 1. The monoisotopic (exact) mass is 319 g/mol. The molecule has 1 fully saturated rings. The second-order valence-electron chi connectivity index (χ2n) is 5.83. The van der Waals surface area contributed by atoms with Crippen LogP contribution in [-0.4, -0.2) is 33.4 Å². The van der Waals surface area contributed by atoms with Crippen LogP contribution in [0, 0.1) is 0 Å². The van der Waals surface area contributed by atoms with E-state index in [1.807, 2.05) is 36.4 Å². The molecule has 0 spiro atoms. The molecule has 1 unspecified atom stereocenters. The van der Waals surface area contributed by atoms with Crippen molar-refractivity contribution in [3.63, 3.8) is 0 Å². The van der Waals surface area contributed by atoms with Crippen LogP contribution in [0.3, 0.4) is 0 Å². The average molecular weight is 319 g/mol. The highest BCUT2D eigenvalue weighted by Gasteiger charge is 2.19. The third kappa shape index (κ3) is 2.90. The van der Waals surface area contributed by atoms with Gasteiger partial charge in [0.1, 0.15) is 5.82 Å². The molecule has 1 amide bonds. The van der Waals surface area contributed by atoms with E-state index < -0.39 is 0 Å². The van der Waals surface area contributed by atoms with Crippen LogP contribution in [0.5, 0.6) is 0 Å². The van der Waals surface area contributed by atoms with Crippen molar-refractivity contribution in [3.8, 4) is 11.4 Å². The predicted molar refractivity (Wildman–Crippen MR) is 92.4 cm³/mol. The molecule has 0 saturated carbocycles. The van der Waals surface area contributed by atoms with E-state index in [1.165, 1.54) is 0 Å². The number of pyridine rings is 1. The van der Waals surface area contributed by atoms with Crippen LogP contribution >= 0.6 is 0 Å². The van der Waals surface area contributed by atoms with Crippen molar-refractivity contribution >= 4 is 22.6 Å². The predicted octanol–water partition coefficient (Wildman–Crippen LogP) is 2.38. The fourth-order valence-corrected chi connectivity index (χ4v) is 2.87. The van der Waals surface area contributed by atoms with E-state index in [2.05, 4.69) is 20.6 Å². The van der Waals surface area contributed by atoms with E-state index in [4.69, 9.17) is 4.98 Å². The molecule has 1 aliphatic heterocycles. The van der Waals surface area contributed by atoms with Crippen molar-refractivity contribution < 1.29 is 4.79 Å². The van der Waals surface area contributed by atoms with Crippen molar-refractivity contribution in [2.45, 2.75) is 18.9 Å². The van der Waals surface area contributed by atoms with Gasteiger partial charge in [0.25, 0.3) is 0 Å². The summed E-state index contributed by atoms with van der Waals surface area (Å²) in [6.07, 6.45) is 4.81. The second-order valence-corrected chi connectivity index (χ2v) is 5.83. The van der Waals surface area contributed by atoms with Crippen LogP contribution in [0.15, 0.2) is 48.8 Å². The van der Waals surface area contributed by atoms with Gasteiger partial charge in [0.15, 0.2) is 5.82 Å². The van der Waals surface area contributed by atoms with E-state index in [9.17, 15) is 4.79 Å². The molecule has 1 aromatic carbocycles. The number of nitrogens with one attached hydrogen (secondary N) is 2. The van der Waals surface area contributed by atoms with Gasteiger partial charge in [-0.05, 0) is 30.7 Å². The Hall–Kier alpha value is -3.02. The Labute approximate surface area is 139 Å². The lowest BCUT2D eigenvalue weighted by Crippen LogP contribution is -2.42. The third-order valence-electron chi connectivity index (χ3n) is 4.15. The SMILES string of the molecule is O=C1CCC(Nc2nc(-c3ccncc3)nc3ccccc23)CN1. The van der Waals surface area contributed by atoms with Crippen LogP contribution in [0.1, 0.15) is 12.8 Å². The number of carbonyl (C=O) groups excluding carboxylic acids is 1. The highest BCUT2D eigenvalue weighted by atomic mass is 16.1. The number of benzene rings is 1. The number of anilines is 1. The zero-order valence-corrected chi connectivity index (χ0v) is 13.1. The zero-order chi connectivity index (χ0) is 16.4. The Bertz CT molecular complexity index is 871. The molecular weight excluding hydrogens is 302 g/mol. The minimum absolute atomic E-state index is 0.109. The van der Waals surface area contributed by atoms with Gasteiger partial charge in [-0.1, -0.05) is 12.1 Å².